The van der Waals surface area contributed by atoms with Gasteiger partial charge >= 0.3 is 0 Å². The van der Waals surface area contributed by atoms with Crippen molar-refractivity contribution >= 4 is 11.3 Å². The van der Waals surface area contributed by atoms with Gasteiger partial charge in [0.1, 0.15) is 5.01 Å². The Morgan fingerprint density at radius 3 is 2.45 bits per heavy atom. The van der Waals surface area contributed by atoms with Crippen molar-refractivity contribution < 1.29 is 0 Å². The Bertz CT molecular complexity index is 469. The van der Waals surface area contributed by atoms with Crippen LogP contribution in [0.1, 0.15) is 42.4 Å². The molecule has 4 rings (SSSR count). The van der Waals surface area contributed by atoms with Crippen LogP contribution in [0.15, 0.2) is 0 Å². The molecule has 1 aromatic heterocycles. The second-order valence-corrected chi connectivity index (χ2v) is 8.07. The van der Waals surface area contributed by atoms with Gasteiger partial charge in [-0.25, -0.2) is 4.98 Å². The van der Waals surface area contributed by atoms with E-state index in [-0.39, 0.29) is 5.41 Å². The molecule has 4 nitrogen and oxygen atoms in total. The first-order valence-electron chi connectivity index (χ1n) is 7.60. The first-order valence-corrected chi connectivity index (χ1v) is 8.42. The van der Waals surface area contributed by atoms with Crippen LogP contribution >= 0.6 is 11.3 Å². The third-order valence-electron chi connectivity index (χ3n) is 4.33. The number of nitrogens with zero attached hydrogens (tertiary/aromatic N) is 3. The van der Waals surface area contributed by atoms with E-state index < -0.39 is 0 Å². The predicted octanol–water partition coefficient (Wildman–Crippen LogP) is 1.83. The number of fused-ring (bicyclic) bond motifs is 3. The molecule has 1 atom stereocenters. The first kappa shape index (κ1) is 14.4. The van der Waals surface area contributed by atoms with Gasteiger partial charge in [-0.1, -0.05) is 20.8 Å². The van der Waals surface area contributed by atoms with Crippen molar-refractivity contribution in [1.29, 1.82) is 0 Å². The number of aromatic nitrogens is 1. The lowest BCUT2D eigenvalue weighted by Gasteiger charge is -2.46. The Morgan fingerprint density at radius 1 is 1.25 bits per heavy atom. The van der Waals surface area contributed by atoms with Crippen molar-refractivity contribution in [3.05, 3.63) is 15.6 Å². The molecule has 4 heterocycles. The summed E-state index contributed by atoms with van der Waals surface area (Å²) in [5.41, 5.74) is 1.41. The Balaban J connectivity index is 1.90. The Labute approximate surface area is 126 Å². The molecule has 0 aromatic carbocycles. The summed E-state index contributed by atoms with van der Waals surface area (Å²) in [5, 5.41) is 4.62. The Kier molecular flexibility index (Phi) is 3.88. The lowest BCUT2D eigenvalue weighted by atomic mass is 9.91. The van der Waals surface area contributed by atoms with Crippen LogP contribution in [0.4, 0.5) is 0 Å². The van der Waals surface area contributed by atoms with Crippen molar-refractivity contribution in [2.24, 2.45) is 0 Å². The van der Waals surface area contributed by atoms with Crippen molar-refractivity contribution in [3.63, 3.8) is 0 Å². The summed E-state index contributed by atoms with van der Waals surface area (Å²) >= 11 is 1.92. The lowest BCUT2D eigenvalue weighted by molar-refractivity contribution is 0.0122. The topological polar surface area (TPSA) is 31.4 Å². The van der Waals surface area contributed by atoms with E-state index in [0.717, 1.165) is 13.1 Å². The Hall–Kier alpha value is -0.490. The maximum absolute atomic E-state index is 5.05. The summed E-state index contributed by atoms with van der Waals surface area (Å²) in [6.45, 7) is 13.8. The molecule has 3 aliphatic heterocycles. The number of hydrogen-bond acceptors (Lipinski definition) is 5. The maximum Gasteiger partial charge on any atom is 0.112 e. The van der Waals surface area contributed by atoms with Gasteiger partial charge in [0.15, 0.2) is 0 Å². The van der Waals surface area contributed by atoms with E-state index in [1.807, 2.05) is 18.4 Å². The van der Waals surface area contributed by atoms with Crippen LogP contribution in [0, 0.1) is 0 Å². The molecule has 3 aliphatic rings. The SMILES string of the molecule is CNCc1sc(C2CN3CCN2CC3)nc1C(C)(C)C. The van der Waals surface area contributed by atoms with E-state index in [9.17, 15) is 0 Å². The molecule has 0 radical (unpaired) electrons. The van der Waals surface area contributed by atoms with Gasteiger partial charge in [0.05, 0.1) is 11.7 Å². The highest BCUT2D eigenvalue weighted by Crippen LogP contribution is 2.36. The molecule has 0 aliphatic carbocycles. The fourth-order valence-electron chi connectivity index (χ4n) is 3.23. The van der Waals surface area contributed by atoms with Crippen LogP contribution in [0.3, 0.4) is 0 Å². The first-order chi connectivity index (χ1) is 9.49. The summed E-state index contributed by atoms with van der Waals surface area (Å²) < 4.78 is 0. The number of piperazine rings is 3. The zero-order chi connectivity index (χ0) is 14.3. The average Bonchev–Trinajstić information content (AvgIpc) is 2.84. The quantitative estimate of drug-likeness (QED) is 0.921. The molecule has 112 valence electrons. The molecule has 20 heavy (non-hydrogen) atoms. The van der Waals surface area contributed by atoms with Crippen molar-refractivity contribution in [1.82, 2.24) is 20.1 Å². The van der Waals surface area contributed by atoms with Gasteiger partial charge in [-0.3, -0.25) is 9.80 Å². The number of hydrogen-bond donors (Lipinski definition) is 1. The van der Waals surface area contributed by atoms with E-state index in [1.165, 1.54) is 41.8 Å². The van der Waals surface area contributed by atoms with Gasteiger partial charge < -0.3 is 5.32 Å². The van der Waals surface area contributed by atoms with Crippen molar-refractivity contribution in [2.45, 2.75) is 38.8 Å². The second kappa shape index (κ2) is 5.37. The van der Waals surface area contributed by atoms with E-state index in [0.29, 0.717) is 6.04 Å². The van der Waals surface area contributed by atoms with Gasteiger partial charge in [-0.2, -0.15) is 0 Å². The highest BCUT2D eigenvalue weighted by Gasteiger charge is 2.36. The second-order valence-electron chi connectivity index (χ2n) is 6.96. The molecule has 0 amide bonds. The summed E-state index contributed by atoms with van der Waals surface area (Å²) in [6.07, 6.45) is 0. The van der Waals surface area contributed by atoms with Gasteiger partial charge in [0.2, 0.25) is 0 Å². The molecule has 0 saturated carbocycles. The maximum atomic E-state index is 5.05. The summed E-state index contributed by atoms with van der Waals surface area (Å²) in [6, 6.07) is 0.522. The average molecular weight is 294 g/mol. The zero-order valence-electron chi connectivity index (χ0n) is 13.1. The van der Waals surface area contributed by atoms with E-state index in [4.69, 9.17) is 4.98 Å². The van der Waals surface area contributed by atoms with Crippen LogP contribution in [0.25, 0.3) is 0 Å². The molecule has 1 aromatic rings. The molecule has 1 N–H and O–H groups in total. The fourth-order valence-corrected chi connectivity index (χ4v) is 4.64. The third kappa shape index (κ3) is 2.64. The molecular weight excluding hydrogens is 268 g/mol. The van der Waals surface area contributed by atoms with E-state index in [1.54, 1.807) is 0 Å². The molecule has 3 fully saturated rings. The van der Waals surface area contributed by atoms with Gasteiger partial charge in [0, 0.05) is 49.6 Å². The van der Waals surface area contributed by atoms with Gasteiger partial charge in [-0.15, -0.1) is 11.3 Å². The molecule has 5 heteroatoms. The van der Waals surface area contributed by atoms with E-state index in [2.05, 4.69) is 35.9 Å². The number of rotatable bonds is 3. The highest BCUT2D eigenvalue weighted by molar-refractivity contribution is 7.11. The zero-order valence-corrected chi connectivity index (χ0v) is 13.9. The Morgan fingerprint density at radius 2 is 1.95 bits per heavy atom. The lowest BCUT2D eigenvalue weighted by Crippen LogP contribution is -2.56. The minimum atomic E-state index is 0.129. The van der Waals surface area contributed by atoms with Crippen LogP contribution in [0.2, 0.25) is 0 Å². The summed E-state index contributed by atoms with van der Waals surface area (Å²) in [5.74, 6) is 0. The van der Waals surface area contributed by atoms with Crippen LogP contribution < -0.4 is 5.32 Å². The summed E-state index contributed by atoms with van der Waals surface area (Å²) in [7, 11) is 2.02. The largest absolute Gasteiger partial charge is 0.315 e. The normalized spacial score (nSPS) is 29.9. The molecule has 3 saturated heterocycles. The predicted molar refractivity (Wildman–Crippen MR) is 84.3 cm³/mol. The van der Waals surface area contributed by atoms with E-state index >= 15 is 0 Å². The van der Waals surface area contributed by atoms with Crippen molar-refractivity contribution in [2.75, 3.05) is 39.8 Å². The minimum Gasteiger partial charge on any atom is -0.315 e. The molecule has 1 unspecified atom stereocenters. The number of thiazole rings is 1. The summed E-state index contributed by atoms with van der Waals surface area (Å²) in [4.78, 5) is 11.7. The third-order valence-corrected chi connectivity index (χ3v) is 5.48. The molecular formula is C15H26N4S. The minimum absolute atomic E-state index is 0.129. The number of nitrogens with one attached hydrogen (secondary N) is 1. The smallest absolute Gasteiger partial charge is 0.112 e. The monoisotopic (exact) mass is 294 g/mol. The van der Waals surface area contributed by atoms with Crippen LogP contribution in [-0.2, 0) is 12.0 Å². The standard InChI is InChI=1S/C15H26N4S/c1-15(2,3)13-12(9-16-4)20-14(17-13)11-10-18-5-7-19(11)8-6-18/h11,16H,5-10H2,1-4H3. The van der Waals surface area contributed by atoms with Crippen LogP contribution in [-0.4, -0.2) is 54.6 Å². The fraction of sp³-hybridized carbons (Fsp3) is 0.800. The van der Waals surface area contributed by atoms with Gasteiger partial charge in [0.25, 0.3) is 0 Å². The highest BCUT2D eigenvalue weighted by atomic mass is 32.1. The van der Waals surface area contributed by atoms with Crippen molar-refractivity contribution in [3.8, 4) is 0 Å². The van der Waals surface area contributed by atoms with Crippen LogP contribution in [0.5, 0.6) is 0 Å². The molecule has 0 spiro atoms. The molecule has 2 bridgehead atoms. The van der Waals surface area contributed by atoms with Gasteiger partial charge in [-0.05, 0) is 7.05 Å².